The molecule has 4 rings (SSSR count). The molecular weight excluding hydrogens is 490 g/mol. The molecule has 0 aliphatic carbocycles. The molecule has 33 heavy (non-hydrogen) atoms. The molecule has 0 bridgehead atoms. The molecule has 1 N–H and O–H groups in total. The zero-order valence-corrected chi connectivity index (χ0v) is 20.2. The van der Waals surface area contributed by atoms with Crippen LogP contribution in [-0.4, -0.2) is 29.6 Å². The second-order valence-corrected chi connectivity index (χ2v) is 11.5. The second kappa shape index (κ2) is 8.32. The molecule has 0 saturated carbocycles. The van der Waals surface area contributed by atoms with Crippen molar-refractivity contribution in [3.05, 3.63) is 76.9 Å². The Labute approximate surface area is 198 Å². The van der Waals surface area contributed by atoms with E-state index in [9.17, 15) is 22.3 Å². The van der Waals surface area contributed by atoms with Crippen molar-refractivity contribution in [2.24, 2.45) is 0 Å². The molecule has 0 fully saturated rings. The molecule has 0 amide bonds. The summed E-state index contributed by atoms with van der Waals surface area (Å²) in [6.07, 6.45) is 1.13. The highest BCUT2D eigenvalue weighted by atomic mass is 35.5. The van der Waals surface area contributed by atoms with E-state index in [-0.39, 0.29) is 27.0 Å². The van der Waals surface area contributed by atoms with Gasteiger partial charge in [0, 0.05) is 11.1 Å². The van der Waals surface area contributed by atoms with Gasteiger partial charge in [-0.05, 0) is 55.8 Å². The van der Waals surface area contributed by atoms with E-state index in [0.29, 0.717) is 10.4 Å². The Morgan fingerprint density at radius 3 is 2.39 bits per heavy atom. The van der Waals surface area contributed by atoms with Crippen molar-refractivity contribution in [1.29, 1.82) is 0 Å². The average Bonchev–Trinajstić information content (AvgIpc) is 3.34. The van der Waals surface area contributed by atoms with Crippen LogP contribution < -0.4 is 0 Å². The molecule has 0 radical (unpaired) electrons. The van der Waals surface area contributed by atoms with Crippen molar-refractivity contribution in [3.8, 4) is 26.7 Å². The van der Waals surface area contributed by atoms with Crippen molar-refractivity contribution in [2.75, 3.05) is 6.26 Å². The maximum absolute atomic E-state index is 14.7. The van der Waals surface area contributed by atoms with E-state index in [1.807, 2.05) is 0 Å². The van der Waals surface area contributed by atoms with E-state index in [4.69, 9.17) is 11.6 Å². The molecule has 10 heteroatoms. The van der Waals surface area contributed by atoms with E-state index in [0.717, 1.165) is 17.2 Å². The van der Waals surface area contributed by atoms with Crippen molar-refractivity contribution < 1.29 is 22.3 Å². The topological polar surface area (TPSA) is 72.2 Å². The molecule has 5 nitrogen and oxygen atoms in total. The fourth-order valence-electron chi connectivity index (χ4n) is 3.33. The summed E-state index contributed by atoms with van der Waals surface area (Å²) >= 11 is 7.88. The van der Waals surface area contributed by atoms with Gasteiger partial charge in [0.05, 0.1) is 14.8 Å². The van der Waals surface area contributed by atoms with Gasteiger partial charge < -0.3 is 5.11 Å². The first-order valence-corrected chi connectivity index (χ1v) is 12.8. The molecule has 2 aromatic carbocycles. The number of aromatic nitrogens is 2. The Morgan fingerprint density at radius 1 is 1.06 bits per heavy atom. The van der Waals surface area contributed by atoms with Crippen molar-refractivity contribution in [3.63, 3.8) is 0 Å². The smallest absolute Gasteiger partial charge is 0.184 e. The number of hydrogen-bond acceptors (Lipinski definition) is 5. The highest BCUT2D eigenvalue weighted by Crippen LogP contribution is 2.42. The number of aliphatic hydroxyl groups is 1. The summed E-state index contributed by atoms with van der Waals surface area (Å²) in [6.45, 7) is 2.99. The summed E-state index contributed by atoms with van der Waals surface area (Å²) in [5.41, 5.74) is -0.525. The van der Waals surface area contributed by atoms with Crippen LogP contribution >= 0.6 is 22.9 Å². The Balaban J connectivity index is 1.91. The van der Waals surface area contributed by atoms with Gasteiger partial charge in [-0.2, -0.15) is 5.10 Å². The van der Waals surface area contributed by atoms with Crippen molar-refractivity contribution in [1.82, 2.24) is 9.78 Å². The Morgan fingerprint density at radius 2 is 1.73 bits per heavy atom. The SMILES string of the molecule is CC(C)(O)c1nn(-c2cccc(F)c2F)c(-c2ccc(-c3cccc(S(C)(=O)=O)c3)s2)c1Cl. The normalized spacial score (nSPS) is 12.3. The van der Waals surface area contributed by atoms with Crippen LogP contribution in [-0.2, 0) is 15.4 Å². The van der Waals surface area contributed by atoms with E-state index in [2.05, 4.69) is 5.10 Å². The minimum absolute atomic E-state index is 0.101. The molecule has 0 spiro atoms. The fraction of sp³-hybridized carbons (Fsp3) is 0.174. The molecular formula is C23H19ClF2N2O3S2. The number of thiophene rings is 1. The lowest BCUT2D eigenvalue weighted by molar-refractivity contribution is 0.0735. The lowest BCUT2D eigenvalue weighted by Crippen LogP contribution is -2.17. The highest BCUT2D eigenvalue weighted by Gasteiger charge is 2.30. The first-order valence-electron chi connectivity index (χ1n) is 9.74. The highest BCUT2D eigenvalue weighted by molar-refractivity contribution is 7.90. The average molecular weight is 509 g/mol. The van der Waals surface area contributed by atoms with Gasteiger partial charge in [-0.25, -0.2) is 21.9 Å². The monoisotopic (exact) mass is 508 g/mol. The van der Waals surface area contributed by atoms with Gasteiger partial charge in [-0.3, -0.25) is 0 Å². The van der Waals surface area contributed by atoms with Gasteiger partial charge in [0.15, 0.2) is 21.5 Å². The van der Waals surface area contributed by atoms with Crippen LogP contribution in [0, 0.1) is 11.6 Å². The van der Waals surface area contributed by atoms with Gasteiger partial charge in [-0.15, -0.1) is 11.3 Å². The maximum atomic E-state index is 14.7. The van der Waals surface area contributed by atoms with Crippen LogP contribution in [0.4, 0.5) is 8.78 Å². The van der Waals surface area contributed by atoms with Gasteiger partial charge in [0.2, 0.25) is 0 Å². The second-order valence-electron chi connectivity index (χ2n) is 8.02. The third-order valence-electron chi connectivity index (χ3n) is 4.95. The molecule has 0 atom stereocenters. The number of hydrogen-bond donors (Lipinski definition) is 1. The van der Waals surface area contributed by atoms with Crippen LogP contribution in [0.25, 0.3) is 26.7 Å². The third kappa shape index (κ3) is 4.46. The maximum Gasteiger partial charge on any atom is 0.184 e. The van der Waals surface area contributed by atoms with Crippen molar-refractivity contribution in [2.45, 2.75) is 24.3 Å². The first kappa shape index (κ1) is 23.6. The van der Waals surface area contributed by atoms with E-state index < -0.39 is 27.1 Å². The van der Waals surface area contributed by atoms with Crippen LogP contribution in [0.15, 0.2) is 59.5 Å². The zero-order chi connectivity index (χ0) is 24.1. The summed E-state index contributed by atoms with van der Waals surface area (Å²) in [5.74, 6) is -2.14. The molecule has 0 aliphatic heterocycles. The van der Waals surface area contributed by atoms with Crippen LogP contribution in [0.2, 0.25) is 5.02 Å². The van der Waals surface area contributed by atoms with Gasteiger partial charge >= 0.3 is 0 Å². The lowest BCUT2D eigenvalue weighted by atomic mass is 10.1. The Kier molecular flexibility index (Phi) is 5.94. The van der Waals surface area contributed by atoms with Crippen LogP contribution in [0.5, 0.6) is 0 Å². The Bertz CT molecular complexity index is 1470. The minimum atomic E-state index is -3.39. The fourth-order valence-corrected chi connectivity index (χ4v) is 5.55. The summed E-state index contributed by atoms with van der Waals surface area (Å²) in [7, 11) is -3.39. The van der Waals surface area contributed by atoms with Gasteiger partial charge in [-0.1, -0.05) is 29.8 Å². The molecule has 0 aliphatic rings. The number of benzene rings is 2. The van der Waals surface area contributed by atoms with E-state index >= 15 is 0 Å². The first-order chi connectivity index (χ1) is 15.4. The lowest BCUT2D eigenvalue weighted by Gasteiger charge is -2.14. The predicted molar refractivity (Wildman–Crippen MR) is 126 cm³/mol. The largest absolute Gasteiger partial charge is 0.384 e. The summed E-state index contributed by atoms with van der Waals surface area (Å²) in [6, 6.07) is 13.7. The van der Waals surface area contributed by atoms with E-state index in [1.165, 1.54) is 48.1 Å². The minimum Gasteiger partial charge on any atom is -0.384 e. The zero-order valence-electron chi connectivity index (χ0n) is 17.8. The number of rotatable bonds is 5. The summed E-state index contributed by atoms with van der Waals surface area (Å²) < 4.78 is 53.6. The standard InChI is InChI=1S/C23H19ClF2N2O3S2/c1-23(2,29)22-19(24)21(28(27-22)16-9-5-8-15(25)20(16)26)18-11-10-17(32-18)13-6-4-7-14(12-13)33(3,30)31/h4-12,29H,1-3H3. The Hall–Kier alpha value is -2.59. The van der Waals surface area contributed by atoms with Crippen LogP contribution in [0.1, 0.15) is 19.5 Å². The van der Waals surface area contributed by atoms with E-state index in [1.54, 1.807) is 30.3 Å². The molecule has 2 aromatic heterocycles. The summed E-state index contributed by atoms with van der Waals surface area (Å²) in [4.78, 5) is 1.50. The van der Waals surface area contributed by atoms with Gasteiger partial charge in [0.1, 0.15) is 22.7 Å². The predicted octanol–water partition coefficient (Wildman–Crippen LogP) is 5.83. The molecule has 0 unspecified atom stereocenters. The number of nitrogens with zero attached hydrogens (tertiary/aromatic N) is 2. The summed E-state index contributed by atoms with van der Waals surface area (Å²) in [5, 5.41) is 14.9. The molecule has 0 saturated heterocycles. The van der Waals surface area contributed by atoms with Gasteiger partial charge in [0.25, 0.3) is 0 Å². The number of sulfone groups is 1. The third-order valence-corrected chi connectivity index (χ3v) is 7.56. The molecule has 4 aromatic rings. The van der Waals surface area contributed by atoms with Crippen molar-refractivity contribution >= 4 is 32.8 Å². The number of halogens is 3. The molecule has 172 valence electrons. The quantitative estimate of drug-likeness (QED) is 0.368. The van der Waals surface area contributed by atoms with Crippen LogP contribution in [0.3, 0.4) is 0 Å². The molecule has 2 heterocycles.